The van der Waals surface area contributed by atoms with E-state index in [0.29, 0.717) is 29.2 Å². The minimum Gasteiger partial charge on any atom is -0.397 e. The molecule has 2 N–H and O–H groups in total. The highest BCUT2D eigenvalue weighted by Gasteiger charge is 2.30. The van der Waals surface area contributed by atoms with E-state index in [1.807, 2.05) is 32.0 Å². The Labute approximate surface area is 155 Å². The van der Waals surface area contributed by atoms with Crippen molar-refractivity contribution in [3.8, 4) is 0 Å². The van der Waals surface area contributed by atoms with Gasteiger partial charge in [-0.1, -0.05) is 19.1 Å². The molecule has 0 saturated carbocycles. The summed E-state index contributed by atoms with van der Waals surface area (Å²) in [6, 6.07) is 7.30. The second-order valence-electron chi connectivity index (χ2n) is 6.05. The number of anilines is 1. The largest absolute Gasteiger partial charge is 0.411 e. The molecule has 0 amide bonds. The van der Waals surface area contributed by atoms with Crippen LogP contribution in [0.5, 0.6) is 0 Å². The third kappa shape index (κ3) is 6.84. The van der Waals surface area contributed by atoms with Crippen LogP contribution in [-0.2, 0) is 4.74 Å². The van der Waals surface area contributed by atoms with E-state index in [2.05, 4.69) is 9.98 Å². The van der Waals surface area contributed by atoms with E-state index < -0.39 is 18.9 Å². The molecule has 8 heteroatoms. The number of thioether (sulfide) groups is 1. The van der Waals surface area contributed by atoms with Crippen LogP contribution in [-0.4, -0.2) is 35.9 Å². The minimum atomic E-state index is -4.34. The highest BCUT2D eigenvalue weighted by atomic mass is 32.2. The zero-order chi connectivity index (χ0) is 19.2. The first-order chi connectivity index (χ1) is 12.2. The predicted molar refractivity (Wildman–Crippen MR) is 102 cm³/mol. The van der Waals surface area contributed by atoms with Crippen molar-refractivity contribution in [3.05, 3.63) is 36.0 Å². The van der Waals surface area contributed by atoms with Gasteiger partial charge in [0, 0.05) is 17.7 Å². The molecule has 1 aromatic rings. The molecule has 0 fully saturated rings. The number of ether oxygens (including phenoxy) is 1. The zero-order valence-electron chi connectivity index (χ0n) is 14.7. The molecular weight excluding hydrogens is 363 g/mol. The number of halogens is 3. The third-order valence-corrected chi connectivity index (χ3v) is 4.68. The average Bonchev–Trinajstić information content (AvgIpc) is 2.74. The summed E-state index contributed by atoms with van der Waals surface area (Å²) in [6.07, 6.45) is -0.973. The van der Waals surface area contributed by atoms with Crippen LogP contribution in [0.1, 0.15) is 20.3 Å². The lowest BCUT2D eigenvalue weighted by molar-refractivity contribution is -0.184. The summed E-state index contributed by atoms with van der Waals surface area (Å²) in [5.41, 5.74) is 7.84. The molecule has 0 bridgehead atoms. The number of alkyl halides is 3. The van der Waals surface area contributed by atoms with Crippen molar-refractivity contribution >= 4 is 34.4 Å². The molecule has 0 spiro atoms. The molecule has 1 aromatic carbocycles. The van der Waals surface area contributed by atoms with Crippen LogP contribution in [0.4, 0.5) is 24.5 Å². The van der Waals surface area contributed by atoms with Gasteiger partial charge in [0.25, 0.3) is 0 Å². The topological polar surface area (TPSA) is 60.0 Å². The Morgan fingerprint density at radius 1 is 1.38 bits per heavy atom. The number of rotatable bonds is 5. The van der Waals surface area contributed by atoms with Crippen molar-refractivity contribution in [1.82, 2.24) is 0 Å². The number of para-hydroxylation sites is 2. The summed E-state index contributed by atoms with van der Waals surface area (Å²) in [7, 11) is 0. The molecule has 1 aliphatic heterocycles. The van der Waals surface area contributed by atoms with Gasteiger partial charge in [0.1, 0.15) is 6.61 Å². The van der Waals surface area contributed by atoms with Crippen molar-refractivity contribution in [2.75, 3.05) is 18.1 Å². The average molecular weight is 385 g/mol. The van der Waals surface area contributed by atoms with E-state index in [0.717, 1.165) is 5.04 Å². The van der Waals surface area contributed by atoms with E-state index in [-0.39, 0.29) is 5.92 Å². The molecule has 26 heavy (non-hydrogen) atoms. The van der Waals surface area contributed by atoms with Crippen molar-refractivity contribution in [2.24, 2.45) is 15.9 Å². The number of hydrogen-bond donors (Lipinski definition) is 1. The fraction of sp³-hybridized carbons (Fsp3) is 0.444. The lowest BCUT2D eigenvalue weighted by atomic mass is 10.0. The first-order valence-electron chi connectivity index (χ1n) is 8.19. The summed E-state index contributed by atoms with van der Waals surface area (Å²) in [5.74, 6) is 0.430. The first kappa shape index (κ1) is 20.5. The maximum Gasteiger partial charge on any atom is 0.411 e. The van der Waals surface area contributed by atoms with E-state index >= 15 is 0 Å². The Morgan fingerprint density at radius 2 is 2.12 bits per heavy atom. The van der Waals surface area contributed by atoms with Crippen molar-refractivity contribution < 1.29 is 17.9 Å². The van der Waals surface area contributed by atoms with Gasteiger partial charge in [-0.15, -0.1) is 11.8 Å². The Balaban J connectivity index is 2.00. The van der Waals surface area contributed by atoms with Crippen LogP contribution in [0.3, 0.4) is 0 Å². The van der Waals surface area contributed by atoms with Gasteiger partial charge in [0.15, 0.2) is 0 Å². The molecule has 0 saturated heterocycles. The number of hydrogen-bond acceptors (Lipinski definition) is 5. The minimum absolute atomic E-state index is 0.0671. The smallest absolute Gasteiger partial charge is 0.397 e. The number of nitrogens with zero attached hydrogens (tertiary/aromatic N) is 2. The van der Waals surface area contributed by atoms with Crippen molar-refractivity contribution in [1.29, 1.82) is 0 Å². The quantitative estimate of drug-likeness (QED) is 0.441. The fourth-order valence-corrected chi connectivity index (χ4v) is 3.02. The predicted octanol–water partition coefficient (Wildman–Crippen LogP) is 4.99. The number of nitrogens with two attached hydrogens (primary N) is 1. The molecule has 0 aromatic heterocycles. The maximum atomic E-state index is 12.4. The van der Waals surface area contributed by atoms with Crippen molar-refractivity contribution in [3.63, 3.8) is 0 Å². The summed E-state index contributed by atoms with van der Waals surface area (Å²) < 4.78 is 42.3. The Kier molecular flexibility index (Phi) is 7.28. The first-order valence-corrected chi connectivity index (χ1v) is 9.17. The molecule has 1 heterocycles. The zero-order valence-corrected chi connectivity index (χ0v) is 15.5. The second kappa shape index (κ2) is 9.23. The molecule has 0 radical (unpaired) electrons. The number of nitrogen functional groups attached to an aromatic ring is 1. The maximum absolute atomic E-state index is 12.4. The molecular formula is C18H22F3N3OS. The van der Waals surface area contributed by atoms with Crippen LogP contribution < -0.4 is 5.73 Å². The van der Waals surface area contributed by atoms with Gasteiger partial charge in [0.2, 0.25) is 0 Å². The van der Waals surface area contributed by atoms with Gasteiger partial charge in [-0.05, 0) is 37.5 Å². The van der Waals surface area contributed by atoms with Crippen molar-refractivity contribution in [2.45, 2.75) is 32.5 Å². The third-order valence-electron chi connectivity index (χ3n) is 3.73. The molecule has 4 nitrogen and oxygen atoms in total. The molecule has 2 rings (SSSR count). The highest BCUT2D eigenvalue weighted by Crippen LogP contribution is 2.26. The second-order valence-corrected chi connectivity index (χ2v) is 7.22. The summed E-state index contributed by atoms with van der Waals surface area (Å²) in [4.78, 5) is 8.80. The van der Waals surface area contributed by atoms with E-state index in [9.17, 15) is 13.2 Å². The van der Waals surface area contributed by atoms with Crippen LogP contribution in [0.15, 0.2) is 46.0 Å². The van der Waals surface area contributed by atoms with Gasteiger partial charge in [-0.3, -0.25) is 4.99 Å². The van der Waals surface area contributed by atoms with E-state index in [4.69, 9.17) is 10.5 Å². The van der Waals surface area contributed by atoms with Gasteiger partial charge in [-0.2, -0.15) is 13.2 Å². The molecule has 0 aliphatic carbocycles. The molecule has 2 unspecified atom stereocenters. The molecule has 2 atom stereocenters. The highest BCUT2D eigenvalue weighted by molar-refractivity contribution is 8.14. The van der Waals surface area contributed by atoms with Crippen LogP contribution in [0, 0.1) is 5.92 Å². The Bertz CT molecular complexity index is 701. The number of aliphatic imine (C=N–C) groups is 2. The van der Waals surface area contributed by atoms with E-state index in [1.165, 1.54) is 11.8 Å². The number of benzene rings is 1. The Morgan fingerprint density at radius 3 is 2.81 bits per heavy atom. The van der Waals surface area contributed by atoms with Crippen LogP contribution >= 0.6 is 11.8 Å². The van der Waals surface area contributed by atoms with Gasteiger partial charge in [-0.25, -0.2) is 4.99 Å². The summed E-state index contributed by atoms with van der Waals surface area (Å²) >= 11 is 1.46. The van der Waals surface area contributed by atoms with Crippen LogP contribution in [0.25, 0.3) is 0 Å². The SMILES string of the molecule is CC(=Nc1ccccc1N)SCC1=CC(OCC(F)(F)F)C(C)CC=N1. The summed E-state index contributed by atoms with van der Waals surface area (Å²) in [6.45, 7) is 2.45. The molecule has 142 valence electrons. The normalized spacial score (nSPS) is 21.4. The lowest BCUT2D eigenvalue weighted by Gasteiger charge is -2.20. The molecule has 1 aliphatic rings. The lowest BCUT2D eigenvalue weighted by Crippen LogP contribution is -2.26. The van der Waals surface area contributed by atoms with E-state index in [1.54, 1.807) is 18.4 Å². The van der Waals surface area contributed by atoms with Gasteiger partial charge >= 0.3 is 6.18 Å². The summed E-state index contributed by atoms with van der Waals surface area (Å²) in [5, 5.41) is 0.795. The Hall–Kier alpha value is -1.80. The van der Waals surface area contributed by atoms with Crippen LogP contribution in [0.2, 0.25) is 0 Å². The van der Waals surface area contributed by atoms with Gasteiger partial charge in [0.05, 0.1) is 22.5 Å². The monoisotopic (exact) mass is 385 g/mol. The fourth-order valence-electron chi connectivity index (χ4n) is 2.33. The standard InChI is InChI=1S/C18H22F3N3OS/c1-12-7-8-23-14(9-17(12)25-11-18(19,20)21)10-26-13(2)24-16-6-4-3-5-15(16)22/h3-6,8-9,12,17H,7,10-11,22H2,1-2H3. The van der Waals surface area contributed by atoms with Gasteiger partial charge < -0.3 is 10.5 Å².